The molecule has 1 unspecified atom stereocenters. The molecule has 0 spiro atoms. The lowest BCUT2D eigenvalue weighted by atomic mass is 10.1. The minimum Gasteiger partial charge on any atom is -0.339 e. The van der Waals surface area contributed by atoms with Gasteiger partial charge in [0.2, 0.25) is 5.89 Å². The molecule has 0 saturated carbocycles. The molecule has 0 amide bonds. The van der Waals surface area contributed by atoms with Crippen molar-refractivity contribution in [2.75, 3.05) is 6.54 Å². The average Bonchev–Trinajstić information content (AvgIpc) is 2.76. The van der Waals surface area contributed by atoms with Crippen molar-refractivity contribution in [3.05, 3.63) is 46.0 Å². The number of rotatable bonds is 4. The molecule has 0 saturated heterocycles. The topological polar surface area (TPSA) is 64.9 Å². The Hall–Kier alpha value is -1.20. The Morgan fingerprint density at radius 1 is 1.47 bits per heavy atom. The first-order valence-corrected chi connectivity index (χ1v) is 6.25. The van der Waals surface area contributed by atoms with Crippen molar-refractivity contribution < 1.29 is 4.52 Å². The number of benzene rings is 1. The van der Waals surface area contributed by atoms with Crippen LogP contribution in [0.4, 0.5) is 0 Å². The third-order valence-electron chi connectivity index (χ3n) is 2.52. The molecular formula is C12H14BrN3O. The quantitative estimate of drug-likeness (QED) is 0.941. The SMILES string of the molecule is CC(CN)c1noc(Cc2cccc(Br)c2)n1. The van der Waals surface area contributed by atoms with Gasteiger partial charge in [-0.15, -0.1) is 0 Å². The summed E-state index contributed by atoms with van der Waals surface area (Å²) in [5, 5.41) is 3.93. The number of hydrogen-bond donors (Lipinski definition) is 1. The minimum absolute atomic E-state index is 0.134. The van der Waals surface area contributed by atoms with E-state index < -0.39 is 0 Å². The summed E-state index contributed by atoms with van der Waals surface area (Å²) in [6, 6.07) is 8.04. The first-order valence-electron chi connectivity index (χ1n) is 5.46. The highest BCUT2D eigenvalue weighted by Gasteiger charge is 2.12. The van der Waals surface area contributed by atoms with Crippen molar-refractivity contribution in [3.8, 4) is 0 Å². The van der Waals surface area contributed by atoms with Crippen molar-refractivity contribution >= 4 is 15.9 Å². The van der Waals surface area contributed by atoms with E-state index in [4.69, 9.17) is 10.3 Å². The Balaban J connectivity index is 2.11. The van der Waals surface area contributed by atoms with Gasteiger partial charge >= 0.3 is 0 Å². The molecule has 17 heavy (non-hydrogen) atoms. The highest BCUT2D eigenvalue weighted by molar-refractivity contribution is 9.10. The number of hydrogen-bond acceptors (Lipinski definition) is 4. The van der Waals surface area contributed by atoms with Gasteiger partial charge in [0.1, 0.15) is 0 Å². The molecular weight excluding hydrogens is 282 g/mol. The van der Waals surface area contributed by atoms with Crippen LogP contribution in [0.5, 0.6) is 0 Å². The van der Waals surface area contributed by atoms with Gasteiger partial charge in [-0.1, -0.05) is 40.1 Å². The second kappa shape index (κ2) is 5.42. The van der Waals surface area contributed by atoms with Crippen LogP contribution in [0.3, 0.4) is 0 Å². The Bertz CT molecular complexity index is 498. The summed E-state index contributed by atoms with van der Waals surface area (Å²) >= 11 is 3.43. The highest BCUT2D eigenvalue weighted by Crippen LogP contribution is 2.16. The molecule has 1 aromatic carbocycles. The maximum atomic E-state index is 5.56. The van der Waals surface area contributed by atoms with Crippen molar-refractivity contribution in [2.45, 2.75) is 19.3 Å². The van der Waals surface area contributed by atoms with Gasteiger partial charge in [-0.25, -0.2) is 0 Å². The summed E-state index contributed by atoms with van der Waals surface area (Å²) in [7, 11) is 0. The zero-order valence-corrected chi connectivity index (χ0v) is 11.1. The van der Waals surface area contributed by atoms with E-state index in [2.05, 4.69) is 26.1 Å². The van der Waals surface area contributed by atoms with Gasteiger partial charge in [0, 0.05) is 16.9 Å². The van der Waals surface area contributed by atoms with Gasteiger partial charge in [0.05, 0.1) is 6.42 Å². The fourth-order valence-electron chi connectivity index (χ4n) is 1.47. The summed E-state index contributed by atoms with van der Waals surface area (Å²) in [5.74, 6) is 1.44. The molecule has 1 atom stereocenters. The molecule has 2 N–H and O–H groups in total. The third-order valence-corrected chi connectivity index (χ3v) is 3.02. The van der Waals surface area contributed by atoms with Gasteiger partial charge in [-0.05, 0) is 17.7 Å². The monoisotopic (exact) mass is 295 g/mol. The van der Waals surface area contributed by atoms with Crippen molar-refractivity contribution in [3.63, 3.8) is 0 Å². The van der Waals surface area contributed by atoms with Gasteiger partial charge in [0.15, 0.2) is 5.82 Å². The van der Waals surface area contributed by atoms with Crippen molar-refractivity contribution in [1.82, 2.24) is 10.1 Å². The van der Waals surface area contributed by atoms with Crippen LogP contribution in [-0.4, -0.2) is 16.7 Å². The van der Waals surface area contributed by atoms with E-state index in [1.807, 2.05) is 31.2 Å². The molecule has 0 aliphatic heterocycles. The first-order chi connectivity index (χ1) is 8.19. The maximum Gasteiger partial charge on any atom is 0.231 e. The van der Waals surface area contributed by atoms with Gasteiger partial charge < -0.3 is 10.3 Å². The third kappa shape index (κ3) is 3.14. The standard InChI is InChI=1S/C12H14BrN3O/c1-8(7-14)12-15-11(17-16-12)6-9-3-2-4-10(13)5-9/h2-5,8H,6-7,14H2,1H3. The lowest BCUT2D eigenvalue weighted by Gasteiger charge is -1.99. The van der Waals surface area contributed by atoms with Crippen molar-refractivity contribution in [2.24, 2.45) is 5.73 Å². The Morgan fingerprint density at radius 2 is 2.29 bits per heavy atom. The highest BCUT2D eigenvalue weighted by atomic mass is 79.9. The van der Waals surface area contributed by atoms with E-state index in [0.717, 1.165) is 10.0 Å². The molecule has 5 heteroatoms. The summed E-state index contributed by atoms with van der Waals surface area (Å²) in [6.07, 6.45) is 0.643. The summed E-state index contributed by atoms with van der Waals surface area (Å²) in [4.78, 5) is 4.33. The molecule has 90 valence electrons. The number of nitrogens with zero attached hydrogens (tertiary/aromatic N) is 2. The van der Waals surface area contributed by atoms with Crippen LogP contribution in [0.25, 0.3) is 0 Å². The first kappa shape index (κ1) is 12.3. The normalized spacial score (nSPS) is 12.6. The zero-order valence-electron chi connectivity index (χ0n) is 9.56. The van der Waals surface area contributed by atoms with E-state index in [1.54, 1.807) is 0 Å². The van der Waals surface area contributed by atoms with Crippen LogP contribution in [0.15, 0.2) is 33.3 Å². The smallest absolute Gasteiger partial charge is 0.231 e. The van der Waals surface area contributed by atoms with E-state index in [1.165, 1.54) is 0 Å². The molecule has 0 aliphatic carbocycles. The largest absolute Gasteiger partial charge is 0.339 e. The van der Waals surface area contributed by atoms with Crippen molar-refractivity contribution in [1.29, 1.82) is 0 Å². The molecule has 2 rings (SSSR count). The Labute approximate surface area is 108 Å². The van der Waals surface area contributed by atoms with Crippen LogP contribution in [-0.2, 0) is 6.42 Å². The van der Waals surface area contributed by atoms with E-state index in [-0.39, 0.29) is 5.92 Å². The molecule has 0 aliphatic rings. The summed E-state index contributed by atoms with van der Waals surface area (Å²) in [6.45, 7) is 2.50. The number of nitrogens with two attached hydrogens (primary N) is 1. The molecule has 1 heterocycles. The second-order valence-electron chi connectivity index (χ2n) is 3.99. The predicted octanol–water partition coefficient (Wildman–Crippen LogP) is 2.49. The van der Waals surface area contributed by atoms with Gasteiger partial charge in [-0.3, -0.25) is 0 Å². The van der Waals surface area contributed by atoms with E-state index in [0.29, 0.717) is 24.7 Å². The van der Waals surface area contributed by atoms with Crippen LogP contribution in [0.1, 0.15) is 30.1 Å². The van der Waals surface area contributed by atoms with Crippen LogP contribution < -0.4 is 5.73 Å². The van der Waals surface area contributed by atoms with Gasteiger partial charge in [-0.2, -0.15) is 4.98 Å². The lowest BCUT2D eigenvalue weighted by molar-refractivity contribution is 0.376. The maximum absolute atomic E-state index is 5.56. The number of halogens is 1. The molecule has 0 fully saturated rings. The summed E-state index contributed by atoms with van der Waals surface area (Å²) in [5.41, 5.74) is 6.69. The average molecular weight is 296 g/mol. The fourth-order valence-corrected chi connectivity index (χ4v) is 1.91. The molecule has 0 radical (unpaired) electrons. The summed E-state index contributed by atoms with van der Waals surface area (Å²) < 4.78 is 6.25. The van der Waals surface area contributed by atoms with Crippen LogP contribution in [0, 0.1) is 0 Å². The van der Waals surface area contributed by atoms with Crippen LogP contribution in [0.2, 0.25) is 0 Å². The fraction of sp³-hybridized carbons (Fsp3) is 0.333. The van der Waals surface area contributed by atoms with E-state index >= 15 is 0 Å². The van der Waals surface area contributed by atoms with Gasteiger partial charge in [0.25, 0.3) is 0 Å². The predicted molar refractivity (Wildman–Crippen MR) is 68.7 cm³/mol. The minimum atomic E-state index is 0.134. The lowest BCUT2D eigenvalue weighted by Crippen LogP contribution is -2.10. The molecule has 2 aromatic rings. The zero-order chi connectivity index (χ0) is 12.3. The Morgan fingerprint density at radius 3 is 3.00 bits per heavy atom. The molecule has 0 bridgehead atoms. The number of aromatic nitrogens is 2. The van der Waals surface area contributed by atoms with Crippen LogP contribution >= 0.6 is 15.9 Å². The van der Waals surface area contributed by atoms with E-state index in [9.17, 15) is 0 Å². The Kier molecular flexibility index (Phi) is 3.91. The molecule has 4 nitrogen and oxygen atoms in total. The second-order valence-corrected chi connectivity index (χ2v) is 4.91. The molecule has 1 aromatic heterocycles.